The molecular weight excluding hydrogens is 308 g/mol. The Labute approximate surface area is 111 Å². The maximum absolute atomic E-state index is 11.2. The van der Waals surface area contributed by atoms with Crippen LogP contribution in [0.25, 0.3) is 0 Å². The highest BCUT2D eigenvalue weighted by Gasteiger charge is 2.23. The highest BCUT2D eigenvalue weighted by molar-refractivity contribution is 9.10. The molecule has 1 aromatic heterocycles. The molecule has 0 radical (unpaired) electrons. The predicted molar refractivity (Wildman–Crippen MR) is 64.9 cm³/mol. The molecule has 18 heavy (non-hydrogen) atoms. The largest absolute Gasteiger partial charge is 0.464 e. The van der Waals surface area contributed by atoms with Gasteiger partial charge in [0.1, 0.15) is 10.8 Å². The Bertz CT molecular complexity index is 466. The number of aromatic nitrogens is 1. The fourth-order valence-corrected chi connectivity index (χ4v) is 1.70. The zero-order chi connectivity index (χ0) is 13.7. The number of nitrogens with zero attached hydrogens (tertiary/aromatic N) is 2. The van der Waals surface area contributed by atoms with E-state index < -0.39 is 17.0 Å². The summed E-state index contributed by atoms with van der Waals surface area (Å²) in [6.45, 7) is 1.74. The van der Waals surface area contributed by atoms with Gasteiger partial charge in [-0.15, -0.1) is 0 Å². The van der Waals surface area contributed by atoms with Crippen LogP contribution in [0.15, 0.2) is 16.9 Å². The number of carbonyl (C=O) groups is 1. The van der Waals surface area contributed by atoms with Crippen molar-refractivity contribution in [3.05, 3.63) is 32.5 Å². The highest BCUT2D eigenvalue weighted by Crippen LogP contribution is 2.22. The van der Waals surface area contributed by atoms with Crippen LogP contribution in [-0.4, -0.2) is 33.7 Å². The summed E-state index contributed by atoms with van der Waals surface area (Å²) in [6, 6.07) is 1.39. The molecule has 0 saturated carbocycles. The van der Waals surface area contributed by atoms with Crippen LogP contribution in [-0.2, 0) is 16.0 Å². The summed E-state index contributed by atoms with van der Waals surface area (Å²) in [5.74, 6) is -0.806. The van der Waals surface area contributed by atoms with Crippen LogP contribution in [0, 0.1) is 10.1 Å². The third-order valence-electron chi connectivity index (χ3n) is 2.10. The monoisotopic (exact) mass is 318 g/mol. The Morgan fingerprint density at radius 1 is 1.72 bits per heavy atom. The molecule has 0 saturated heterocycles. The van der Waals surface area contributed by atoms with Gasteiger partial charge in [0.2, 0.25) is 0 Å². The number of aliphatic hydroxyl groups excluding tert-OH is 1. The van der Waals surface area contributed by atoms with Gasteiger partial charge in [0.05, 0.1) is 11.5 Å². The van der Waals surface area contributed by atoms with Crippen molar-refractivity contribution in [2.45, 2.75) is 19.4 Å². The molecule has 98 valence electrons. The highest BCUT2D eigenvalue weighted by atomic mass is 79.9. The predicted octanol–water partition coefficient (Wildman–Crippen LogP) is 1.22. The van der Waals surface area contributed by atoms with Gasteiger partial charge in [-0.25, -0.2) is 9.78 Å². The van der Waals surface area contributed by atoms with Gasteiger partial charge in [-0.3, -0.25) is 10.1 Å². The number of hydrogen-bond acceptors (Lipinski definition) is 6. The van der Waals surface area contributed by atoms with E-state index in [1.54, 1.807) is 6.92 Å². The van der Waals surface area contributed by atoms with Gasteiger partial charge < -0.3 is 9.84 Å². The molecule has 0 amide bonds. The van der Waals surface area contributed by atoms with Gasteiger partial charge in [0.25, 0.3) is 5.69 Å². The Hall–Kier alpha value is -1.54. The molecule has 1 heterocycles. The van der Waals surface area contributed by atoms with Crippen LogP contribution in [0.1, 0.15) is 12.5 Å². The van der Waals surface area contributed by atoms with Gasteiger partial charge in [-0.1, -0.05) is 0 Å². The second kappa shape index (κ2) is 6.41. The Balaban J connectivity index is 2.92. The van der Waals surface area contributed by atoms with Gasteiger partial charge in [-0.2, -0.15) is 0 Å². The zero-order valence-electron chi connectivity index (χ0n) is 9.50. The molecule has 8 heteroatoms. The fraction of sp³-hybridized carbons (Fsp3) is 0.400. The van der Waals surface area contributed by atoms with Gasteiger partial charge in [0, 0.05) is 12.0 Å². The second-order valence-electron chi connectivity index (χ2n) is 3.36. The Morgan fingerprint density at radius 2 is 2.39 bits per heavy atom. The number of rotatable bonds is 5. The first kappa shape index (κ1) is 14.5. The molecule has 1 atom stereocenters. The van der Waals surface area contributed by atoms with Crippen molar-refractivity contribution < 1.29 is 19.6 Å². The van der Waals surface area contributed by atoms with Crippen LogP contribution in [0.5, 0.6) is 0 Å². The summed E-state index contributed by atoms with van der Waals surface area (Å²) in [5.41, 5.74) is -0.0380. The smallest absolute Gasteiger partial charge is 0.335 e. The lowest BCUT2D eigenvalue weighted by molar-refractivity contribution is -0.386. The van der Waals surface area contributed by atoms with Crippen molar-refractivity contribution >= 4 is 27.6 Å². The zero-order valence-corrected chi connectivity index (χ0v) is 11.1. The molecule has 0 bridgehead atoms. The van der Waals surface area contributed by atoms with Gasteiger partial charge >= 0.3 is 5.97 Å². The van der Waals surface area contributed by atoms with Crippen LogP contribution >= 0.6 is 15.9 Å². The molecule has 0 aliphatic carbocycles. The summed E-state index contributed by atoms with van der Waals surface area (Å²) < 4.78 is 5.01. The fourth-order valence-electron chi connectivity index (χ4n) is 1.32. The lowest BCUT2D eigenvalue weighted by Gasteiger charge is -2.09. The maximum Gasteiger partial charge on any atom is 0.335 e. The molecule has 1 aromatic rings. The lowest BCUT2D eigenvalue weighted by atomic mass is 10.1. The minimum Gasteiger partial charge on any atom is -0.464 e. The number of halogens is 1. The summed E-state index contributed by atoms with van der Waals surface area (Å²) >= 11 is 3.07. The third kappa shape index (κ3) is 3.74. The third-order valence-corrected chi connectivity index (χ3v) is 2.53. The Kier molecular flexibility index (Phi) is 5.17. The first-order valence-corrected chi connectivity index (χ1v) is 5.88. The number of nitro groups is 1. The van der Waals surface area contributed by atoms with E-state index in [1.165, 1.54) is 6.07 Å². The number of hydrogen-bond donors (Lipinski definition) is 1. The number of pyridine rings is 1. The summed E-state index contributed by atoms with van der Waals surface area (Å²) in [7, 11) is 0. The molecule has 0 aliphatic heterocycles. The van der Waals surface area contributed by atoms with Crippen molar-refractivity contribution in [2.24, 2.45) is 0 Å². The van der Waals surface area contributed by atoms with Crippen LogP contribution in [0.2, 0.25) is 0 Å². The standard InChI is InChI=1S/C10H11BrN2O5/c1-2-18-10(15)8(14)3-6-4-9(11)12-5-7(6)13(16)17/h4-5,8,14H,2-3H2,1H3. The summed E-state index contributed by atoms with van der Waals surface area (Å²) in [4.78, 5) is 25.1. The number of ether oxygens (including phenoxy) is 1. The summed E-state index contributed by atoms with van der Waals surface area (Å²) in [6.07, 6.45) is -0.564. The average Bonchev–Trinajstić information content (AvgIpc) is 2.28. The quantitative estimate of drug-likeness (QED) is 0.379. The van der Waals surface area contributed by atoms with Crippen molar-refractivity contribution in [3.63, 3.8) is 0 Å². The van der Waals surface area contributed by atoms with E-state index in [0.717, 1.165) is 6.20 Å². The molecule has 0 fully saturated rings. The molecule has 1 rings (SSSR count). The van der Waals surface area contributed by atoms with Crippen LogP contribution in [0.3, 0.4) is 0 Å². The van der Waals surface area contributed by atoms with Crippen molar-refractivity contribution in [2.75, 3.05) is 6.61 Å². The maximum atomic E-state index is 11.2. The lowest BCUT2D eigenvalue weighted by Crippen LogP contribution is -2.25. The molecule has 7 nitrogen and oxygen atoms in total. The molecular formula is C10H11BrN2O5. The number of aliphatic hydroxyl groups is 1. The van der Waals surface area contributed by atoms with E-state index in [-0.39, 0.29) is 24.3 Å². The summed E-state index contributed by atoms with van der Waals surface area (Å²) in [5, 5.41) is 20.3. The van der Waals surface area contributed by atoms with Crippen molar-refractivity contribution in [3.8, 4) is 0 Å². The van der Waals surface area contributed by atoms with Crippen LogP contribution in [0.4, 0.5) is 5.69 Å². The van der Waals surface area contributed by atoms with E-state index in [1.807, 2.05) is 0 Å². The van der Waals surface area contributed by atoms with E-state index in [2.05, 4.69) is 25.7 Å². The normalized spacial score (nSPS) is 11.9. The number of carbonyl (C=O) groups excluding carboxylic acids is 1. The van der Waals surface area contributed by atoms with E-state index in [9.17, 15) is 20.0 Å². The van der Waals surface area contributed by atoms with Crippen molar-refractivity contribution in [1.29, 1.82) is 0 Å². The average molecular weight is 319 g/mol. The molecule has 0 aliphatic rings. The minimum absolute atomic E-state index is 0.137. The Morgan fingerprint density at radius 3 is 2.94 bits per heavy atom. The minimum atomic E-state index is -1.43. The van der Waals surface area contributed by atoms with Gasteiger partial charge in [-0.05, 0) is 28.9 Å². The molecule has 0 spiro atoms. The SMILES string of the molecule is CCOC(=O)C(O)Cc1cc(Br)ncc1[N+](=O)[O-]. The topological polar surface area (TPSA) is 103 Å². The first-order chi connectivity index (χ1) is 8.45. The molecule has 0 aromatic carbocycles. The second-order valence-corrected chi connectivity index (χ2v) is 4.18. The van der Waals surface area contributed by atoms with Crippen molar-refractivity contribution in [1.82, 2.24) is 4.98 Å². The van der Waals surface area contributed by atoms with E-state index in [4.69, 9.17) is 0 Å². The number of esters is 1. The van der Waals surface area contributed by atoms with Gasteiger partial charge in [0.15, 0.2) is 6.10 Å². The first-order valence-electron chi connectivity index (χ1n) is 5.09. The molecule has 1 N–H and O–H groups in total. The van der Waals surface area contributed by atoms with E-state index in [0.29, 0.717) is 4.60 Å². The van der Waals surface area contributed by atoms with Crippen LogP contribution < -0.4 is 0 Å². The molecule has 1 unspecified atom stereocenters. The van der Waals surface area contributed by atoms with E-state index >= 15 is 0 Å².